The van der Waals surface area contributed by atoms with Crippen molar-refractivity contribution in [2.24, 2.45) is 0 Å². The number of hydrogen-bond acceptors (Lipinski definition) is 2. The number of hydrogen-bond donors (Lipinski definition) is 1. The number of carbonyl (C=O) groups excluding carboxylic acids is 1. The Morgan fingerprint density at radius 2 is 1.68 bits per heavy atom. The molecule has 0 aromatic heterocycles. The summed E-state index contributed by atoms with van der Waals surface area (Å²) < 4.78 is 0. The van der Waals surface area contributed by atoms with Crippen LogP contribution in [0.15, 0.2) is 77.9 Å². The number of allylic oxidation sites excluding steroid dienone is 5. The number of ketones is 1. The molecule has 0 spiro atoms. The Morgan fingerprint density at radius 1 is 0.920 bits per heavy atom. The van der Waals surface area contributed by atoms with Crippen LogP contribution in [0.25, 0.3) is 5.57 Å². The number of benzene rings is 2. The zero-order valence-corrected chi connectivity index (χ0v) is 14.6. The Balaban J connectivity index is 2.25. The second kappa shape index (κ2) is 7.35. The van der Waals surface area contributed by atoms with Crippen LogP contribution in [0, 0.1) is 0 Å². The molecule has 126 valence electrons. The van der Waals surface area contributed by atoms with Gasteiger partial charge in [0.05, 0.1) is 0 Å². The van der Waals surface area contributed by atoms with Crippen molar-refractivity contribution in [2.75, 3.05) is 0 Å². The number of aryl methyl sites for hydroxylation is 1. The van der Waals surface area contributed by atoms with Crippen molar-refractivity contribution < 1.29 is 9.90 Å². The van der Waals surface area contributed by atoms with Crippen molar-refractivity contribution >= 4 is 11.4 Å². The molecule has 0 radical (unpaired) electrons. The fourth-order valence-electron chi connectivity index (χ4n) is 3.14. The van der Waals surface area contributed by atoms with E-state index in [2.05, 4.69) is 12.1 Å². The topological polar surface area (TPSA) is 37.3 Å². The zero-order valence-electron chi connectivity index (χ0n) is 14.6. The van der Waals surface area contributed by atoms with Crippen molar-refractivity contribution in [3.8, 4) is 5.75 Å². The molecule has 0 amide bonds. The summed E-state index contributed by atoms with van der Waals surface area (Å²) in [4.78, 5) is 12.0. The summed E-state index contributed by atoms with van der Waals surface area (Å²) in [5.74, 6) is 0.404. The first-order valence-electron chi connectivity index (χ1n) is 8.69. The van der Waals surface area contributed by atoms with E-state index in [0.717, 1.165) is 39.8 Å². The number of phenols is 1. The molecule has 0 atom stereocenters. The number of carbonyl (C=O) groups is 1. The molecule has 0 heterocycles. The summed E-state index contributed by atoms with van der Waals surface area (Å²) in [5, 5.41) is 10.0. The first kappa shape index (κ1) is 17.0. The molecule has 2 aromatic carbocycles. The van der Waals surface area contributed by atoms with Gasteiger partial charge in [-0.1, -0.05) is 56.3 Å². The lowest BCUT2D eigenvalue weighted by atomic mass is 9.88. The molecule has 2 nitrogen and oxygen atoms in total. The molecule has 2 heteroatoms. The van der Waals surface area contributed by atoms with Crippen LogP contribution in [0.4, 0.5) is 0 Å². The maximum absolute atomic E-state index is 12.0. The molecular weight excluding hydrogens is 308 g/mol. The van der Waals surface area contributed by atoms with E-state index in [1.165, 1.54) is 0 Å². The van der Waals surface area contributed by atoms with Crippen LogP contribution in [0.2, 0.25) is 0 Å². The lowest BCUT2D eigenvalue weighted by molar-refractivity contribution is -0.111. The fraction of sp³-hybridized carbons (Fsp3) is 0.174. The molecule has 0 bridgehead atoms. The van der Waals surface area contributed by atoms with Crippen LogP contribution in [0.5, 0.6) is 5.75 Å². The van der Waals surface area contributed by atoms with E-state index in [9.17, 15) is 9.90 Å². The van der Waals surface area contributed by atoms with Gasteiger partial charge in [-0.05, 0) is 70.5 Å². The quantitative estimate of drug-likeness (QED) is 0.833. The highest BCUT2D eigenvalue weighted by atomic mass is 16.3. The Hall–Kier alpha value is -2.87. The highest BCUT2D eigenvalue weighted by Gasteiger charge is 2.16. The summed E-state index contributed by atoms with van der Waals surface area (Å²) in [6, 6.07) is 15.9. The summed E-state index contributed by atoms with van der Waals surface area (Å²) in [7, 11) is 0. The van der Waals surface area contributed by atoms with Crippen molar-refractivity contribution in [3.63, 3.8) is 0 Å². The van der Waals surface area contributed by atoms with Crippen molar-refractivity contribution in [3.05, 3.63) is 94.6 Å². The first-order valence-corrected chi connectivity index (χ1v) is 8.69. The Morgan fingerprint density at radius 3 is 2.36 bits per heavy atom. The van der Waals surface area contributed by atoms with Crippen LogP contribution < -0.4 is 0 Å². The van der Waals surface area contributed by atoms with E-state index in [-0.39, 0.29) is 5.78 Å². The number of aromatic hydroxyl groups is 1. The van der Waals surface area contributed by atoms with E-state index in [0.29, 0.717) is 12.2 Å². The lowest BCUT2D eigenvalue weighted by Gasteiger charge is -2.16. The Bertz CT molecular complexity index is 884. The smallest absolute Gasteiger partial charge is 0.181 e. The SMILES string of the molecule is CCC1=C/C(=C(\c2ccccc2)c2ccc(O)c(CC)c2)C=CC1=O. The van der Waals surface area contributed by atoms with Crippen molar-refractivity contribution in [1.29, 1.82) is 0 Å². The predicted octanol–water partition coefficient (Wildman–Crippen LogP) is 5.23. The average Bonchev–Trinajstić information content (AvgIpc) is 2.65. The molecule has 3 rings (SSSR count). The maximum Gasteiger partial charge on any atom is 0.181 e. The molecule has 2 aromatic rings. The second-order valence-corrected chi connectivity index (χ2v) is 6.11. The predicted molar refractivity (Wildman–Crippen MR) is 102 cm³/mol. The third-order valence-electron chi connectivity index (χ3n) is 4.54. The molecule has 0 saturated heterocycles. The van der Waals surface area contributed by atoms with Gasteiger partial charge in [-0.2, -0.15) is 0 Å². The minimum Gasteiger partial charge on any atom is -0.508 e. The Kier molecular flexibility index (Phi) is 4.99. The first-order chi connectivity index (χ1) is 12.1. The lowest BCUT2D eigenvalue weighted by Crippen LogP contribution is -2.04. The summed E-state index contributed by atoms with van der Waals surface area (Å²) in [6.07, 6.45) is 7.01. The van der Waals surface area contributed by atoms with Gasteiger partial charge in [-0.3, -0.25) is 4.79 Å². The van der Waals surface area contributed by atoms with Gasteiger partial charge in [0.15, 0.2) is 5.78 Å². The molecule has 1 N–H and O–H groups in total. The van der Waals surface area contributed by atoms with Crippen LogP contribution in [-0.2, 0) is 11.2 Å². The third-order valence-corrected chi connectivity index (χ3v) is 4.54. The van der Waals surface area contributed by atoms with Crippen molar-refractivity contribution in [1.82, 2.24) is 0 Å². The van der Waals surface area contributed by atoms with Crippen LogP contribution in [0.3, 0.4) is 0 Å². The summed E-state index contributed by atoms with van der Waals surface area (Å²) >= 11 is 0. The normalized spacial score (nSPS) is 15.9. The van der Waals surface area contributed by atoms with Gasteiger partial charge >= 0.3 is 0 Å². The van der Waals surface area contributed by atoms with Gasteiger partial charge in [0.25, 0.3) is 0 Å². The monoisotopic (exact) mass is 330 g/mol. The van der Waals surface area contributed by atoms with E-state index < -0.39 is 0 Å². The standard InChI is InChI=1S/C23H22O2/c1-3-16-14-19(10-12-21(16)24)23(18-8-6-5-7-9-18)20-11-13-22(25)17(4-2)15-20/h5-15,24H,3-4H2,1-2H3/b23-20+. The second-order valence-electron chi connectivity index (χ2n) is 6.11. The molecule has 1 aliphatic carbocycles. The average molecular weight is 330 g/mol. The molecule has 0 saturated carbocycles. The molecule has 0 fully saturated rings. The summed E-state index contributed by atoms with van der Waals surface area (Å²) in [6.45, 7) is 4.03. The third kappa shape index (κ3) is 3.48. The number of phenolic OH excluding ortho intramolecular Hbond substituents is 1. The van der Waals surface area contributed by atoms with Crippen molar-refractivity contribution in [2.45, 2.75) is 26.7 Å². The Labute approximate surface area is 148 Å². The van der Waals surface area contributed by atoms with Gasteiger partial charge in [0, 0.05) is 0 Å². The minimum atomic E-state index is 0.0821. The highest BCUT2D eigenvalue weighted by molar-refractivity contribution is 6.07. The van der Waals surface area contributed by atoms with Crippen LogP contribution in [-0.4, -0.2) is 10.9 Å². The molecule has 1 aliphatic rings. The van der Waals surface area contributed by atoms with Crippen LogP contribution in [0.1, 0.15) is 37.0 Å². The van der Waals surface area contributed by atoms with Gasteiger partial charge in [0.1, 0.15) is 5.75 Å². The minimum absolute atomic E-state index is 0.0821. The van der Waals surface area contributed by atoms with Crippen LogP contribution >= 0.6 is 0 Å². The highest BCUT2D eigenvalue weighted by Crippen LogP contribution is 2.33. The molecule has 25 heavy (non-hydrogen) atoms. The van der Waals surface area contributed by atoms with E-state index in [4.69, 9.17) is 0 Å². The van der Waals surface area contributed by atoms with E-state index in [1.54, 1.807) is 12.1 Å². The molecule has 0 aliphatic heterocycles. The summed E-state index contributed by atoms with van der Waals surface area (Å²) in [5.41, 5.74) is 5.97. The van der Waals surface area contributed by atoms with E-state index in [1.807, 2.05) is 56.3 Å². The zero-order chi connectivity index (χ0) is 17.8. The molecule has 0 unspecified atom stereocenters. The van der Waals surface area contributed by atoms with Gasteiger partial charge in [0.2, 0.25) is 0 Å². The number of rotatable bonds is 4. The fourth-order valence-corrected chi connectivity index (χ4v) is 3.14. The molecular formula is C23H22O2. The van der Waals surface area contributed by atoms with Gasteiger partial charge in [-0.15, -0.1) is 0 Å². The van der Waals surface area contributed by atoms with Gasteiger partial charge in [-0.25, -0.2) is 0 Å². The largest absolute Gasteiger partial charge is 0.508 e. The van der Waals surface area contributed by atoms with E-state index >= 15 is 0 Å². The van der Waals surface area contributed by atoms with Gasteiger partial charge < -0.3 is 5.11 Å². The maximum atomic E-state index is 12.0.